The van der Waals surface area contributed by atoms with E-state index in [4.69, 9.17) is 0 Å². The smallest absolute Gasteiger partial charge is 0.317 e. The van der Waals surface area contributed by atoms with Gasteiger partial charge in [0.15, 0.2) is 0 Å². The van der Waals surface area contributed by atoms with Crippen LogP contribution in [0, 0.1) is 0 Å². The zero-order chi connectivity index (χ0) is 20.6. The summed E-state index contributed by atoms with van der Waals surface area (Å²) in [5.41, 5.74) is 3.67. The number of benzene rings is 2. The highest BCUT2D eigenvalue weighted by Gasteiger charge is 2.20. The van der Waals surface area contributed by atoms with E-state index in [9.17, 15) is 4.79 Å². The van der Waals surface area contributed by atoms with E-state index in [1.807, 2.05) is 34.0 Å². The van der Waals surface area contributed by atoms with E-state index in [1.54, 1.807) is 6.20 Å². The summed E-state index contributed by atoms with van der Waals surface area (Å²) in [6.45, 7) is 5.68. The third kappa shape index (κ3) is 5.48. The van der Waals surface area contributed by atoms with Crippen molar-refractivity contribution in [3.8, 4) is 0 Å². The summed E-state index contributed by atoms with van der Waals surface area (Å²) in [5, 5.41) is 7.38. The monoisotopic (exact) mass is 403 g/mol. The topological polar surface area (TPSA) is 53.4 Å². The molecule has 6 heteroatoms. The van der Waals surface area contributed by atoms with Crippen LogP contribution in [0.5, 0.6) is 0 Å². The summed E-state index contributed by atoms with van der Waals surface area (Å²) >= 11 is 0. The predicted molar refractivity (Wildman–Crippen MR) is 118 cm³/mol. The fourth-order valence-electron chi connectivity index (χ4n) is 3.84. The van der Waals surface area contributed by atoms with Gasteiger partial charge in [-0.25, -0.2) is 4.79 Å². The molecule has 1 fully saturated rings. The van der Waals surface area contributed by atoms with E-state index >= 15 is 0 Å². The SMILES string of the molecule is O=C(NCc1ccccc1Cn1cccn1)N1CCN(CCc2ccccc2)CC1. The average molecular weight is 404 g/mol. The summed E-state index contributed by atoms with van der Waals surface area (Å²) in [7, 11) is 0. The molecule has 1 aliphatic heterocycles. The van der Waals surface area contributed by atoms with Gasteiger partial charge in [0, 0.05) is 51.7 Å². The molecule has 0 atom stereocenters. The third-order valence-electron chi connectivity index (χ3n) is 5.66. The second-order valence-electron chi connectivity index (χ2n) is 7.70. The van der Waals surface area contributed by atoms with Gasteiger partial charge in [0.2, 0.25) is 0 Å². The molecule has 0 saturated carbocycles. The Morgan fingerprint density at radius 2 is 1.63 bits per heavy atom. The van der Waals surface area contributed by atoms with E-state index in [0.717, 1.165) is 44.7 Å². The molecule has 0 aliphatic carbocycles. The van der Waals surface area contributed by atoms with Crippen molar-refractivity contribution in [3.63, 3.8) is 0 Å². The lowest BCUT2D eigenvalue weighted by atomic mass is 10.1. The van der Waals surface area contributed by atoms with Crippen molar-refractivity contribution >= 4 is 6.03 Å². The number of nitrogens with one attached hydrogen (secondary N) is 1. The molecule has 2 heterocycles. The minimum absolute atomic E-state index is 0.0200. The van der Waals surface area contributed by atoms with Crippen LogP contribution >= 0.6 is 0 Å². The number of carbonyl (C=O) groups excluding carboxylic acids is 1. The molecular formula is C24H29N5O. The van der Waals surface area contributed by atoms with Crippen LogP contribution in [-0.2, 0) is 19.5 Å². The standard InChI is InChI=1S/C24H29N5O/c30-24(25-19-22-9-4-5-10-23(22)20-29-13-6-12-26-29)28-17-15-27(16-18-28)14-11-21-7-2-1-3-8-21/h1-10,12-13H,11,14-20H2,(H,25,30). The van der Waals surface area contributed by atoms with Crippen LogP contribution in [0.2, 0.25) is 0 Å². The molecule has 0 unspecified atom stereocenters. The molecule has 1 N–H and O–H groups in total. The highest BCUT2D eigenvalue weighted by molar-refractivity contribution is 5.74. The van der Waals surface area contributed by atoms with Crippen LogP contribution in [0.3, 0.4) is 0 Å². The van der Waals surface area contributed by atoms with Crippen LogP contribution in [0.1, 0.15) is 16.7 Å². The molecule has 3 aromatic rings. The van der Waals surface area contributed by atoms with Gasteiger partial charge in [-0.3, -0.25) is 9.58 Å². The van der Waals surface area contributed by atoms with Crippen molar-refractivity contribution in [1.29, 1.82) is 0 Å². The Hall–Kier alpha value is -3.12. The van der Waals surface area contributed by atoms with Crippen molar-refractivity contribution < 1.29 is 4.79 Å². The number of carbonyl (C=O) groups is 1. The fraction of sp³-hybridized carbons (Fsp3) is 0.333. The lowest BCUT2D eigenvalue weighted by molar-refractivity contribution is 0.140. The normalized spacial score (nSPS) is 14.6. The van der Waals surface area contributed by atoms with Gasteiger partial charge in [0.25, 0.3) is 0 Å². The zero-order valence-corrected chi connectivity index (χ0v) is 17.3. The number of rotatable bonds is 7. The highest BCUT2D eigenvalue weighted by Crippen LogP contribution is 2.11. The van der Waals surface area contributed by atoms with Crippen LogP contribution in [-0.4, -0.2) is 58.3 Å². The number of nitrogens with zero attached hydrogens (tertiary/aromatic N) is 4. The second-order valence-corrected chi connectivity index (χ2v) is 7.70. The van der Waals surface area contributed by atoms with Gasteiger partial charge in [-0.2, -0.15) is 5.10 Å². The van der Waals surface area contributed by atoms with Crippen molar-refractivity contribution in [2.45, 2.75) is 19.5 Å². The Balaban J connectivity index is 1.23. The number of piperazine rings is 1. The number of hydrogen-bond acceptors (Lipinski definition) is 3. The van der Waals surface area contributed by atoms with Crippen LogP contribution in [0.4, 0.5) is 4.79 Å². The van der Waals surface area contributed by atoms with Crippen molar-refractivity contribution in [3.05, 3.63) is 89.7 Å². The van der Waals surface area contributed by atoms with Crippen LogP contribution in [0.25, 0.3) is 0 Å². The first-order chi connectivity index (χ1) is 14.8. The van der Waals surface area contributed by atoms with Crippen LogP contribution in [0.15, 0.2) is 73.1 Å². The maximum atomic E-state index is 12.7. The lowest BCUT2D eigenvalue weighted by Gasteiger charge is -2.34. The lowest BCUT2D eigenvalue weighted by Crippen LogP contribution is -2.51. The van der Waals surface area contributed by atoms with Gasteiger partial charge in [0.1, 0.15) is 0 Å². The molecule has 0 radical (unpaired) electrons. The largest absolute Gasteiger partial charge is 0.334 e. The van der Waals surface area contributed by atoms with Gasteiger partial charge in [-0.1, -0.05) is 54.6 Å². The van der Waals surface area contributed by atoms with Gasteiger partial charge < -0.3 is 10.2 Å². The Bertz CT molecular complexity index is 918. The first-order valence-electron chi connectivity index (χ1n) is 10.6. The van der Waals surface area contributed by atoms with Crippen molar-refractivity contribution in [1.82, 2.24) is 24.9 Å². The zero-order valence-electron chi connectivity index (χ0n) is 17.3. The van der Waals surface area contributed by atoms with Crippen LogP contribution < -0.4 is 5.32 Å². The van der Waals surface area contributed by atoms with E-state index in [-0.39, 0.29) is 6.03 Å². The molecule has 156 valence electrons. The van der Waals surface area contributed by atoms with Crippen molar-refractivity contribution in [2.75, 3.05) is 32.7 Å². The van der Waals surface area contributed by atoms with E-state index in [0.29, 0.717) is 13.1 Å². The molecule has 6 nitrogen and oxygen atoms in total. The summed E-state index contributed by atoms with van der Waals surface area (Å²) in [6.07, 6.45) is 4.79. The first kappa shape index (κ1) is 20.2. The minimum Gasteiger partial charge on any atom is -0.334 e. The number of hydrogen-bond donors (Lipinski definition) is 1. The molecule has 4 rings (SSSR count). The minimum atomic E-state index is 0.0200. The third-order valence-corrected chi connectivity index (χ3v) is 5.66. The summed E-state index contributed by atoms with van der Waals surface area (Å²) in [4.78, 5) is 17.0. The molecule has 30 heavy (non-hydrogen) atoms. The van der Waals surface area contributed by atoms with E-state index in [1.165, 1.54) is 11.1 Å². The fourth-order valence-corrected chi connectivity index (χ4v) is 3.84. The second kappa shape index (κ2) is 10.1. The molecule has 2 aromatic carbocycles. The molecule has 1 aromatic heterocycles. The molecule has 1 saturated heterocycles. The van der Waals surface area contributed by atoms with E-state index < -0.39 is 0 Å². The quantitative estimate of drug-likeness (QED) is 0.660. The number of urea groups is 1. The van der Waals surface area contributed by atoms with Gasteiger partial charge >= 0.3 is 6.03 Å². The Kier molecular flexibility index (Phi) is 6.77. The van der Waals surface area contributed by atoms with Gasteiger partial charge in [0.05, 0.1) is 6.54 Å². The Morgan fingerprint density at radius 3 is 2.37 bits per heavy atom. The molecule has 1 aliphatic rings. The summed E-state index contributed by atoms with van der Waals surface area (Å²) in [5.74, 6) is 0. The molecule has 2 amide bonds. The molecule has 0 bridgehead atoms. The van der Waals surface area contributed by atoms with Gasteiger partial charge in [-0.05, 0) is 29.2 Å². The Morgan fingerprint density at radius 1 is 0.900 bits per heavy atom. The summed E-state index contributed by atoms with van der Waals surface area (Å²) in [6, 6.07) is 20.7. The summed E-state index contributed by atoms with van der Waals surface area (Å²) < 4.78 is 1.90. The molecular weight excluding hydrogens is 374 g/mol. The average Bonchev–Trinajstić information content (AvgIpc) is 3.31. The van der Waals surface area contributed by atoms with Gasteiger partial charge in [-0.15, -0.1) is 0 Å². The Labute approximate surface area is 178 Å². The maximum Gasteiger partial charge on any atom is 0.317 e. The maximum absolute atomic E-state index is 12.7. The van der Waals surface area contributed by atoms with Crippen molar-refractivity contribution in [2.24, 2.45) is 0 Å². The first-order valence-corrected chi connectivity index (χ1v) is 10.6. The number of aromatic nitrogens is 2. The number of amides is 2. The van der Waals surface area contributed by atoms with E-state index in [2.05, 4.69) is 57.8 Å². The predicted octanol–water partition coefficient (Wildman–Crippen LogP) is 3.00. The molecule has 0 spiro atoms. The highest BCUT2D eigenvalue weighted by atomic mass is 16.2.